The highest BCUT2D eigenvalue weighted by Crippen LogP contribution is 2.04. The fourth-order valence-electron chi connectivity index (χ4n) is 1.98. The van der Waals surface area contributed by atoms with Gasteiger partial charge in [0.2, 0.25) is 0 Å². The maximum Gasteiger partial charge on any atom is 0.0698 e. The predicted octanol–water partition coefficient (Wildman–Crippen LogP) is 0.579. The second-order valence-electron chi connectivity index (χ2n) is 4.59. The number of aliphatic hydroxyl groups excluding tert-OH is 1. The third-order valence-corrected chi connectivity index (χ3v) is 3.22. The lowest BCUT2D eigenvalue weighted by Gasteiger charge is -2.34. The van der Waals surface area contributed by atoms with Crippen molar-refractivity contribution < 1.29 is 9.84 Å². The van der Waals surface area contributed by atoms with Gasteiger partial charge in [-0.1, -0.05) is 11.6 Å². The van der Waals surface area contributed by atoms with Crippen LogP contribution >= 0.6 is 0 Å². The number of hydrogen-bond acceptors (Lipinski definition) is 4. The van der Waals surface area contributed by atoms with Crippen LogP contribution in [0.1, 0.15) is 13.8 Å². The SMILES string of the molecule is C/C=C(/C)CN1CCN(CCOCCO)CC1. The maximum atomic E-state index is 8.59. The molecule has 0 aliphatic carbocycles. The van der Waals surface area contributed by atoms with Gasteiger partial charge in [0.05, 0.1) is 19.8 Å². The van der Waals surface area contributed by atoms with Crippen LogP contribution < -0.4 is 0 Å². The minimum atomic E-state index is 0.121. The summed E-state index contributed by atoms with van der Waals surface area (Å²) in [6, 6.07) is 0. The van der Waals surface area contributed by atoms with Gasteiger partial charge in [0, 0.05) is 39.3 Å². The molecule has 0 aromatic heterocycles. The molecule has 0 spiro atoms. The molecule has 0 aromatic carbocycles. The zero-order valence-electron chi connectivity index (χ0n) is 11.2. The molecule has 1 heterocycles. The summed E-state index contributed by atoms with van der Waals surface area (Å²) < 4.78 is 5.28. The number of piperazine rings is 1. The average molecular weight is 242 g/mol. The van der Waals surface area contributed by atoms with Gasteiger partial charge in [-0.05, 0) is 13.8 Å². The van der Waals surface area contributed by atoms with E-state index >= 15 is 0 Å². The molecule has 0 amide bonds. The minimum absolute atomic E-state index is 0.121. The molecule has 100 valence electrons. The van der Waals surface area contributed by atoms with Gasteiger partial charge in [-0.15, -0.1) is 0 Å². The predicted molar refractivity (Wildman–Crippen MR) is 70.2 cm³/mol. The van der Waals surface area contributed by atoms with Crippen molar-refractivity contribution in [3.05, 3.63) is 11.6 Å². The summed E-state index contributed by atoms with van der Waals surface area (Å²) in [5.74, 6) is 0. The normalized spacial score (nSPS) is 19.8. The van der Waals surface area contributed by atoms with Crippen LogP contribution in [0.2, 0.25) is 0 Å². The third-order valence-electron chi connectivity index (χ3n) is 3.22. The van der Waals surface area contributed by atoms with Gasteiger partial charge in [0.25, 0.3) is 0 Å². The van der Waals surface area contributed by atoms with Crippen molar-refractivity contribution in [2.75, 3.05) is 59.1 Å². The Morgan fingerprint density at radius 3 is 2.41 bits per heavy atom. The van der Waals surface area contributed by atoms with Crippen LogP contribution in [0.5, 0.6) is 0 Å². The molecule has 0 unspecified atom stereocenters. The molecule has 4 nitrogen and oxygen atoms in total. The van der Waals surface area contributed by atoms with Crippen molar-refractivity contribution in [3.63, 3.8) is 0 Å². The zero-order chi connectivity index (χ0) is 12.5. The number of allylic oxidation sites excluding steroid dienone is 1. The lowest BCUT2D eigenvalue weighted by atomic mass is 10.2. The number of aliphatic hydroxyl groups is 1. The highest BCUT2D eigenvalue weighted by molar-refractivity contribution is 4.99. The summed E-state index contributed by atoms with van der Waals surface area (Å²) in [6.07, 6.45) is 2.19. The second kappa shape index (κ2) is 8.64. The van der Waals surface area contributed by atoms with Crippen LogP contribution in [-0.4, -0.2) is 74.0 Å². The Kier molecular flexibility index (Phi) is 7.44. The topological polar surface area (TPSA) is 35.9 Å². The number of nitrogens with zero attached hydrogens (tertiary/aromatic N) is 2. The van der Waals surface area contributed by atoms with Gasteiger partial charge in [0.1, 0.15) is 0 Å². The first-order valence-electron chi connectivity index (χ1n) is 6.51. The average Bonchev–Trinajstić information content (AvgIpc) is 2.36. The molecular formula is C13H26N2O2. The third kappa shape index (κ3) is 6.17. The standard InChI is InChI=1S/C13H26N2O2/c1-3-13(2)12-15-6-4-14(5-7-15)8-10-17-11-9-16/h3,16H,4-12H2,1-2H3/b13-3-. The summed E-state index contributed by atoms with van der Waals surface area (Å²) in [6.45, 7) is 12.2. The van der Waals surface area contributed by atoms with Crippen molar-refractivity contribution in [3.8, 4) is 0 Å². The van der Waals surface area contributed by atoms with E-state index in [-0.39, 0.29) is 6.61 Å². The number of hydrogen-bond donors (Lipinski definition) is 1. The molecule has 0 bridgehead atoms. The van der Waals surface area contributed by atoms with Crippen molar-refractivity contribution >= 4 is 0 Å². The first-order chi connectivity index (χ1) is 8.26. The van der Waals surface area contributed by atoms with Crippen molar-refractivity contribution in [2.24, 2.45) is 0 Å². The van der Waals surface area contributed by atoms with Crippen LogP contribution in [-0.2, 0) is 4.74 Å². The Morgan fingerprint density at radius 1 is 1.18 bits per heavy atom. The smallest absolute Gasteiger partial charge is 0.0698 e. The van der Waals surface area contributed by atoms with Gasteiger partial charge >= 0.3 is 0 Å². The lowest BCUT2D eigenvalue weighted by Crippen LogP contribution is -2.47. The molecule has 4 heteroatoms. The quantitative estimate of drug-likeness (QED) is 0.523. The van der Waals surface area contributed by atoms with Crippen LogP contribution in [0.25, 0.3) is 0 Å². The molecule has 0 saturated carbocycles. The molecule has 1 fully saturated rings. The summed E-state index contributed by atoms with van der Waals surface area (Å²) in [4.78, 5) is 4.93. The number of rotatable bonds is 7. The summed E-state index contributed by atoms with van der Waals surface area (Å²) in [5, 5.41) is 8.59. The lowest BCUT2D eigenvalue weighted by molar-refractivity contribution is 0.0590. The molecule has 1 saturated heterocycles. The molecule has 0 atom stereocenters. The van der Waals surface area contributed by atoms with E-state index in [4.69, 9.17) is 9.84 Å². The van der Waals surface area contributed by atoms with E-state index in [2.05, 4.69) is 29.7 Å². The highest BCUT2D eigenvalue weighted by Gasteiger charge is 2.16. The first kappa shape index (κ1) is 14.6. The van der Waals surface area contributed by atoms with Gasteiger partial charge in [-0.3, -0.25) is 9.80 Å². The minimum Gasteiger partial charge on any atom is -0.394 e. The fourth-order valence-corrected chi connectivity index (χ4v) is 1.98. The second-order valence-corrected chi connectivity index (χ2v) is 4.59. The van der Waals surface area contributed by atoms with Gasteiger partial charge in [-0.2, -0.15) is 0 Å². The van der Waals surface area contributed by atoms with Gasteiger partial charge in [0.15, 0.2) is 0 Å². The van der Waals surface area contributed by atoms with E-state index in [0.717, 1.165) is 45.9 Å². The Bertz CT molecular complexity index is 223. The van der Waals surface area contributed by atoms with Crippen LogP contribution in [0.15, 0.2) is 11.6 Å². The van der Waals surface area contributed by atoms with Gasteiger partial charge < -0.3 is 9.84 Å². The molecule has 1 aliphatic heterocycles. The molecule has 1 aliphatic rings. The van der Waals surface area contributed by atoms with Crippen LogP contribution in [0, 0.1) is 0 Å². The number of ether oxygens (including phenoxy) is 1. The fraction of sp³-hybridized carbons (Fsp3) is 0.846. The van der Waals surface area contributed by atoms with Crippen molar-refractivity contribution in [2.45, 2.75) is 13.8 Å². The Labute approximate surface area is 105 Å². The van der Waals surface area contributed by atoms with E-state index in [1.807, 2.05) is 0 Å². The Balaban J connectivity index is 2.09. The largest absolute Gasteiger partial charge is 0.394 e. The first-order valence-corrected chi connectivity index (χ1v) is 6.51. The van der Waals surface area contributed by atoms with Crippen molar-refractivity contribution in [1.82, 2.24) is 9.80 Å². The van der Waals surface area contributed by atoms with E-state index in [1.54, 1.807) is 0 Å². The van der Waals surface area contributed by atoms with E-state index in [9.17, 15) is 0 Å². The Hall–Kier alpha value is -0.420. The molecular weight excluding hydrogens is 216 g/mol. The highest BCUT2D eigenvalue weighted by atomic mass is 16.5. The van der Waals surface area contributed by atoms with Crippen LogP contribution in [0.4, 0.5) is 0 Å². The molecule has 17 heavy (non-hydrogen) atoms. The molecule has 0 radical (unpaired) electrons. The summed E-state index contributed by atoms with van der Waals surface area (Å²) in [7, 11) is 0. The van der Waals surface area contributed by atoms with E-state index < -0.39 is 0 Å². The van der Waals surface area contributed by atoms with Gasteiger partial charge in [-0.25, -0.2) is 0 Å². The Morgan fingerprint density at radius 2 is 1.82 bits per heavy atom. The van der Waals surface area contributed by atoms with Crippen LogP contribution in [0.3, 0.4) is 0 Å². The summed E-state index contributed by atoms with van der Waals surface area (Å²) >= 11 is 0. The van der Waals surface area contributed by atoms with E-state index in [0.29, 0.717) is 6.61 Å². The summed E-state index contributed by atoms with van der Waals surface area (Å²) in [5.41, 5.74) is 1.45. The monoisotopic (exact) mass is 242 g/mol. The zero-order valence-corrected chi connectivity index (χ0v) is 11.2. The molecule has 1 N–H and O–H groups in total. The van der Waals surface area contributed by atoms with E-state index in [1.165, 1.54) is 5.57 Å². The maximum absolute atomic E-state index is 8.59. The molecule has 0 aromatic rings. The molecule has 1 rings (SSSR count). The van der Waals surface area contributed by atoms with Crippen molar-refractivity contribution in [1.29, 1.82) is 0 Å².